The molecule has 4 aromatic rings. The van der Waals surface area contributed by atoms with Crippen LogP contribution in [0, 0.1) is 0 Å². The fraction of sp³-hybridized carbons (Fsp3) is 0.133. The highest BCUT2D eigenvalue weighted by Gasteiger charge is 2.33. The summed E-state index contributed by atoms with van der Waals surface area (Å²) in [6.07, 6.45) is 5.02. The minimum Gasteiger partial charge on any atom is -0.256 e. The first-order chi connectivity index (χ1) is 11.1. The van der Waals surface area contributed by atoms with Gasteiger partial charge >= 0.3 is 0 Å². The molecule has 96 valence electrons. The summed E-state index contributed by atoms with van der Waals surface area (Å²) in [5, 5.41) is 0. The van der Waals surface area contributed by atoms with Crippen LogP contribution in [0.1, 0.15) is 9.68 Å². The Bertz CT molecular complexity index is 1090. The molecule has 0 spiro atoms. The Balaban J connectivity index is 2.01. The van der Waals surface area contributed by atoms with Crippen LogP contribution in [0.25, 0.3) is 28.3 Å². The number of hydrogen-bond donors (Lipinski definition) is 0. The van der Waals surface area contributed by atoms with Crippen molar-refractivity contribution in [2.24, 2.45) is 6.98 Å². The minimum absolute atomic E-state index is 0.576. The van der Waals surface area contributed by atoms with Gasteiger partial charge in [-0.2, -0.15) is 4.98 Å². The fourth-order valence-electron chi connectivity index (χ4n) is 3.05. The Morgan fingerprint density at radius 2 is 2.30 bits per heavy atom. The normalized spacial score (nSPS) is 15.9. The van der Waals surface area contributed by atoms with Crippen LogP contribution in [0.3, 0.4) is 0 Å². The first-order valence-electron chi connectivity index (χ1n) is 7.91. The average molecular weight is 265 g/mol. The summed E-state index contributed by atoms with van der Waals surface area (Å²) >= 11 is 0. The van der Waals surface area contributed by atoms with Crippen molar-refractivity contribution < 1.29 is 8.68 Å². The maximum absolute atomic E-state index is 8.02. The van der Waals surface area contributed by atoms with Crippen LogP contribution in [0.5, 0.6) is 0 Å². The molecule has 0 saturated carbocycles. The zero-order valence-corrected chi connectivity index (χ0v) is 10.5. The molecule has 20 heavy (non-hydrogen) atoms. The first-order valence-corrected chi connectivity index (χ1v) is 6.41. The second-order valence-corrected chi connectivity index (χ2v) is 4.97. The lowest BCUT2D eigenvalue weighted by molar-refractivity contribution is -0.636. The van der Waals surface area contributed by atoms with Gasteiger partial charge in [0.2, 0.25) is 11.5 Å². The molecular weight excluding hydrogens is 250 g/mol. The number of nitrogens with zero attached hydrogens (tertiary/aromatic N) is 5. The molecule has 5 rings (SSSR count). The smallest absolute Gasteiger partial charge is 0.256 e. The van der Waals surface area contributed by atoms with Crippen LogP contribution in [-0.4, -0.2) is 18.9 Å². The Morgan fingerprint density at radius 1 is 1.35 bits per heavy atom. The van der Waals surface area contributed by atoms with E-state index in [4.69, 9.17) is 4.11 Å². The van der Waals surface area contributed by atoms with E-state index in [1.807, 2.05) is 28.8 Å². The molecule has 5 nitrogen and oxygen atoms in total. The summed E-state index contributed by atoms with van der Waals surface area (Å²) in [4.78, 5) is 8.67. The zero-order valence-electron chi connectivity index (χ0n) is 13.5. The lowest BCUT2D eigenvalue weighted by Gasteiger charge is -1.96. The molecule has 1 aliphatic heterocycles. The zero-order chi connectivity index (χ0) is 15.8. The van der Waals surface area contributed by atoms with Gasteiger partial charge in [-0.05, 0) is 6.07 Å². The Hall–Kier alpha value is -2.69. The van der Waals surface area contributed by atoms with E-state index in [0.717, 1.165) is 11.1 Å². The third-order valence-corrected chi connectivity index (χ3v) is 3.91. The molecule has 0 bridgehead atoms. The van der Waals surface area contributed by atoms with Crippen LogP contribution in [0.15, 0.2) is 42.9 Å². The number of rotatable bonds is 0. The molecule has 0 amide bonds. The van der Waals surface area contributed by atoms with Gasteiger partial charge in [-0.3, -0.25) is 4.98 Å². The first kappa shape index (κ1) is 7.79. The van der Waals surface area contributed by atoms with Gasteiger partial charge in [0.1, 0.15) is 0 Å². The highest BCUT2D eigenvalue weighted by molar-refractivity contribution is 5.77. The number of hydrogen-bond acceptors (Lipinski definition) is 2. The summed E-state index contributed by atoms with van der Waals surface area (Å²) in [5.74, 6) is 0.685. The predicted octanol–water partition coefficient (Wildman–Crippen LogP) is 1.54. The second-order valence-electron chi connectivity index (χ2n) is 4.97. The maximum Gasteiger partial charge on any atom is 0.295 e. The molecule has 1 aromatic carbocycles. The van der Waals surface area contributed by atoms with E-state index in [0.29, 0.717) is 29.3 Å². The van der Waals surface area contributed by atoms with Crippen molar-refractivity contribution in [3.63, 3.8) is 0 Å². The molecule has 0 fully saturated rings. The molecule has 4 heterocycles. The minimum atomic E-state index is -2.30. The summed E-state index contributed by atoms with van der Waals surface area (Å²) in [5.41, 5.74) is 3.94. The van der Waals surface area contributed by atoms with E-state index in [2.05, 4.69) is 9.97 Å². The number of aromatic nitrogens is 5. The van der Waals surface area contributed by atoms with Crippen LogP contribution >= 0.6 is 0 Å². The van der Waals surface area contributed by atoms with Gasteiger partial charge in [0.25, 0.3) is 11.3 Å². The molecule has 0 saturated heterocycles. The van der Waals surface area contributed by atoms with Crippen molar-refractivity contribution in [2.75, 3.05) is 0 Å². The lowest BCUT2D eigenvalue weighted by atomic mass is 10.1. The average Bonchev–Trinajstić information content (AvgIpc) is 3.13. The van der Waals surface area contributed by atoms with Gasteiger partial charge in [0.05, 0.1) is 41.8 Å². The standard InChI is InChI=1S/C15H12N5/c1-18-14-11-5-3-2-4-10(11)9-20(14)13-15(18)19-7-6-16-8-12(19)17-13/h2-8H,9H2,1H3/q+1/i1D3. The molecule has 3 aromatic heterocycles. The predicted molar refractivity (Wildman–Crippen MR) is 74.2 cm³/mol. The Labute approximate surface area is 119 Å². The molecule has 1 aliphatic rings. The van der Waals surface area contributed by atoms with Crippen molar-refractivity contribution >= 4 is 16.9 Å². The monoisotopic (exact) mass is 265 g/mol. The van der Waals surface area contributed by atoms with Crippen molar-refractivity contribution in [3.05, 3.63) is 48.4 Å². The number of fused-ring (bicyclic) bond motifs is 7. The molecule has 0 atom stereocenters. The lowest BCUT2D eigenvalue weighted by Crippen LogP contribution is -2.30. The van der Waals surface area contributed by atoms with Gasteiger partial charge < -0.3 is 0 Å². The fourth-order valence-corrected chi connectivity index (χ4v) is 3.05. The van der Waals surface area contributed by atoms with Gasteiger partial charge in [0, 0.05) is 5.56 Å². The van der Waals surface area contributed by atoms with E-state index in [1.165, 1.54) is 4.57 Å². The second kappa shape index (κ2) is 3.25. The number of imidazole rings is 2. The van der Waals surface area contributed by atoms with E-state index < -0.39 is 6.98 Å². The summed E-state index contributed by atoms with van der Waals surface area (Å²) in [6.45, 7) is -1.67. The van der Waals surface area contributed by atoms with E-state index >= 15 is 0 Å². The quantitative estimate of drug-likeness (QED) is 0.398. The van der Waals surface area contributed by atoms with Crippen molar-refractivity contribution in [1.82, 2.24) is 18.9 Å². The number of aryl methyl sites for hydroxylation is 1. The van der Waals surface area contributed by atoms with Crippen LogP contribution in [-0.2, 0) is 13.5 Å². The number of benzene rings is 1. The van der Waals surface area contributed by atoms with E-state index in [-0.39, 0.29) is 0 Å². The molecular formula is C15H12N5+. The van der Waals surface area contributed by atoms with Gasteiger partial charge in [-0.15, -0.1) is 0 Å². The van der Waals surface area contributed by atoms with Gasteiger partial charge in [-0.25, -0.2) is 13.5 Å². The largest absolute Gasteiger partial charge is 0.295 e. The molecule has 0 unspecified atom stereocenters. The maximum atomic E-state index is 8.02. The van der Waals surface area contributed by atoms with Crippen molar-refractivity contribution in [1.29, 1.82) is 0 Å². The highest BCUT2D eigenvalue weighted by atomic mass is 15.3. The third kappa shape index (κ3) is 1.02. The van der Waals surface area contributed by atoms with E-state index in [9.17, 15) is 0 Å². The van der Waals surface area contributed by atoms with Crippen molar-refractivity contribution in [3.8, 4) is 11.4 Å². The molecule has 0 aliphatic carbocycles. The van der Waals surface area contributed by atoms with Crippen LogP contribution < -0.4 is 4.57 Å². The Kier molecular flexibility index (Phi) is 1.27. The molecule has 0 radical (unpaired) electrons. The summed E-state index contributed by atoms with van der Waals surface area (Å²) < 4.78 is 29.2. The summed E-state index contributed by atoms with van der Waals surface area (Å²) in [7, 11) is 0. The topological polar surface area (TPSA) is 39.0 Å². The van der Waals surface area contributed by atoms with Crippen molar-refractivity contribution in [2.45, 2.75) is 6.54 Å². The SMILES string of the molecule is [2H]C([2H])([2H])[n+]1c2n(c3nc4cnccn4c31)Cc1ccccc1-2. The van der Waals surface area contributed by atoms with Crippen LogP contribution in [0.2, 0.25) is 0 Å². The highest BCUT2D eigenvalue weighted by Crippen LogP contribution is 2.32. The van der Waals surface area contributed by atoms with Gasteiger partial charge in [0.15, 0.2) is 0 Å². The summed E-state index contributed by atoms with van der Waals surface area (Å²) in [6, 6.07) is 7.88. The van der Waals surface area contributed by atoms with Crippen LogP contribution in [0.4, 0.5) is 0 Å². The Morgan fingerprint density at radius 3 is 3.25 bits per heavy atom. The molecule has 5 heteroatoms. The van der Waals surface area contributed by atoms with E-state index in [1.54, 1.807) is 23.0 Å². The third-order valence-electron chi connectivity index (χ3n) is 3.91. The molecule has 0 N–H and O–H groups in total. The van der Waals surface area contributed by atoms with Gasteiger partial charge in [-0.1, -0.05) is 18.2 Å².